The topological polar surface area (TPSA) is 32.5 Å². The molecule has 2 rings (SSSR count). The number of hydrogen-bond acceptors (Lipinski definition) is 3. The minimum atomic E-state index is 0.126. The van der Waals surface area contributed by atoms with Gasteiger partial charge in [0.1, 0.15) is 0 Å². The lowest BCUT2D eigenvalue weighted by molar-refractivity contribution is 0.0841. The monoisotopic (exact) mass is 261 g/mol. The van der Waals surface area contributed by atoms with Crippen LogP contribution in [0.5, 0.6) is 0 Å². The smallest absolute Gasteiger partial charge is 0.0424 e. The van der Waals surface area contributed by atoms with E-state index < -0.39 is 0 Å². The molecule has 0 radical (unpaired) electrons. The highest BCUT2D eigenvalue weighted by atomic mass is 15.3. The van der Waals surface area contributed by atoms with E-state index >= 15 is 0 Å². The molecule has 1 aliphatic heterocycles. The van der Waals surface area contributed by atoms with Crippen molar-refractivity contribution in [2.45, 2.75) is 32.9 Å². The average Bonchev–Trinajstić information content (AvgIpc) is 2.39. The van der Waals surface area contributed by atoms with E-state index in [2.05, 4.69) is 54.8 Å². The van der Waals surface area contributed by atoms with Gasteiger partial charge in [0.15, 0.2) is 0 Å². The summed E-state index contributed by atoms with van der Waals surface area (Å²) in [5.74, 6) is 0. The summed E-state index contributed by atoms with van der Waals surface area (Å²) in [4.78, 5) is 5.04. The van der Waals surface area contributed by atoms with Gasteiger partial charge in [0.05, 0.1) is 0 Å². The molecule has 0 bridgehead atoms. The van der Waals surface area contributed by atoms with Crippen LogP contribution in [0.3, 0.4) is 0 Å². The third-order valence-corrected chi connectivity index (χ3v) is 4.22. The Hall–Kier alpha value is -0.900. The van der Waals surface area contributed by atoms with Crippen molar-refractivity contribution in [3.05, 3.63) is 35.4 Å². The number of benzene rings is 1. The Morgan fingerprint density at radius 3 is 2.53 bits per heavy atom. The van der Waals surface area contributed by atoms with Crippen LogP contribution in [-0.4, -0.2) is 48.6 Å². The van der Waals surface area contributed by atoms with Gasteiger partial charge in [-0.1, -0.05) is 36.8 Å². The summed E-state index contributed by atoms with van der Waals surface area (Å²) in [6.45, 7) is 12.2. The molecule has 1 saturated heterocycles. The molecular weight excluding hydrogens is 234 g/mol. The van der Waals surface area contributed by atoms with Gasteiger partial charge in [-0.05, 0) is 26.0 Å². The zero-order chi connectivity index (χ0) is 13.8. The molecule has 0 aromatic heterocycles. The van der Waals surface area contributed by atoms with Gasteiger partial charge < -0.3 is 5.73 Å². The maximum absolute atomic E-state index is 6.33. The highest BCUT2D eigenvalue weighted by molar-refractivity contribution is 5.24. The normalized spacial score (nSPS) is 23.5. The van der Waals surface area contributed by atoms with E-state index in [9.17, 15) is 0 Å². The Morgan fingerprint density at radius 1 is 1.26 bits per heavy atom. The minimum Gasteiger partial charge on any atom is -0.323 e. The van der Waals surface area contributed by atoms with E-state index in [1.165, 1.54) is 11.1 Å². The molecule has 1 aliphatic rings. The third kappa shape index (κ3) is 3.78. The molecule has 0 aliphatic carbocycles. The molecule has 3 nitrogen and oxygen atoms in total. The summed E-state index contributed by atoms with van der Waals surface area (Å²) in [6.07, 6.45) is 0. The summed E-state index contributed by atoms with van der Waals surface area (Å²) in [5, 5.41) is 0. The quantitative estimate of drug-likeness (QED) is 0.900. The molecule has 106 valence electrons. The van der Waals surface area contributed by atoms with E-state index in [1.54, 1.807) is 0 Å². The van der Waals surface area contributed by atoms with Gasteiger partial charge in [-0.3, -0.25) is 9.80 Å². The van der Waals surface area contributed by atoms with Crippen molar-refractivity contribution in [1.29, 1.82) is 0 Å². The highest BCUT2D eigenvalue weighted by Crippen LogP contribution is 2.16. The van der Waals surface area contributed by atoms with E-state index in [4.69, 9.17) is 5.73 Å². The van der Waals surface area contributed by atoms with Crippen LogP contribution in [-0.2, 0) is 0 Å². The third-order valence-electron chi connectivity index (χ3n) is 4.22. The molecule has 19 heavy (non-hydrogen) atoms. The van der Waals surface area contributed by atoms with Crippen LogP contribution >= 0.6 is 0 Å². The molecule has 1 fully saturated rings. The molecule has 0 amide bonds. The van der Waals surface area contributed by atoms with Crippen LogP contribution in [0.25, 0.3) is 0 Å². The summed E-state index contributed by atoms with van der Waals surface area (Å²) >= 11 is 0. The second-order valence-electron chi connectivity index (χ2n) is 5.75. The summed E-state index contributed by atoms with van der Waals surface area (Å²) in [6, 6.07) is 9.38. The van der Waals surface area contributed by atoms with Crippen LogP contribution in [0.1, 0.15) is 31.0 Å². The minimum absolute atomic E-state index is 0.126. The Labute approximate surface area is 117 Å². The molecule has 1 heterocycles. The number of rotatable bonds is 4. The summed E-state index contributed by atoms with van der Waals surface area (Å²) < 4.78 is 0. The van der Waals surface area contributed by atoms with E-state index in [-0.39, 0.29) is 6.04 Å². The van der Waals surface area contributed by atoms with Crippen molar-refractivity contribution >= 4 is 0 Å². The Kier molecular flexibility index (Phi) is 4.97. The molecule has 2 unspecified atom stereocenters. The van der Waals surface area contributed by atoms with E-state index in [0.29, 0.717) is 6.04 Å². The maximum atomic E-state index is 6.33. The van der Waals surface area contributed by atoms with Crippen LogP contribution < -0.4 is 5.73 Å². The predicted octanol–water partition coefficient (Wildman–Crippen LogP) is 2.02. The number of nitrogens with two attached hydrogens (primary N) is 1. The number of likely N-dealkylation sites (N-methyl/N-ethyl adjacent to an activating group) is 1. The van der Waals surface area contributed by atoms with Crippen molar-refractivity contribution in [2.24, 2.45) is 5.73 Å². The fraction of sp³-hybridized carbons (Fsp3) is 0.625. The van der Waals surface area contributed by atoms with Crippen molar-refractivity contribution in [1.82, 2.24) is 9.80 Å². The van der Waals surface area contributed by atoms with Crippen LogP contribution in [0.15, 0.2) is 24.3 Å². The fourth-order valence-electron chi connectivity index (χ4n) is 2.90. The van der Waals surface area contributed by atoms with Gasteiger partial charge in [0.25, 0.3) is 0 Å². The van der Waals surface area contributed by atoms with Gasteiger partial charge in [0.2, 0.25) is 0 Å². The lowest BCUT2D eigenvalue weighted by Crippen LogP contribution is -2.52. The van der Waals surface area contributed by atoms with Gasteiger partial charge in [-0.15, -0.1) is 0 Å². The Bertz CT molecular complexity index is 387. The first kappa shape index (κ1) is 14.5. The lowest BCUT2D eigenvalue weighted by Gasteiger charge is -2.40. The molecule has 0 saturated carbocycles. The molecular formula is C16H27N3. The molecule has 1 aromatic rings. The Morgan fingerprint density at radius 2 is 1.95 bits per heavy atom. The molecule has 0 spiro atoms. The lowest BCUT2D eigenvalue weighted by atomic mass is 10.0. The summed E-state index contributed by atoms with van der Waals surface area (Å²) in [5.41, 5.74) is 8.87. The van der Waals surface area contributed by atoms with Gasteiger partial charge in [-0.2, -0.15) is 0 Å². The molecule has 1 aromatic carbocycles. The molecule has 2 N–H and O–H groups in total. The fourth-order valence-corrected chi connectivity index (χ4v) is 2.90. The first-order valence-electron chi connectivity index (χ1n) is 7.38. The van der Waals surface area contributed by atoms with Gasteiger partial charge in [0, 0.05) is 38.3 Å². The number of aryl methyl sites for hydroxylation is 1. The average molecular weight is 261 g/mol. The Balaban J connectivity index is 1.89. The maximum Gasteiger partial charge on any atom is 0.0424 e. The first-order chi connectivity index (χ1) is 9.10. The van der Waals surface area contributed by atoms with Crippen molar-refractivity contribution in [3.63, 3.8) is 0 Å². The van der Waals surface area contributed by atoms with Gasteiger partial charge >= 0.3 is 0 Å². The van der Waals surface area contributed by atoms with Crippen molar-refractivity contribution < 1.29 is 0 Å². The first-order valence-corrected chi connectivity index (χ1v) is 7.38. The predicted molar refractivity (Wildman–Crippen MR) is 81.3 cm³/mol. The van der Waals surface area contributed by atoms with Crippen molar-refractivity contribution in [2.75, 3.05) is 32.7 Å². The second kappa shape index (κ2) is 6.51. The van der Waals surface area contributed by atoms with Crippen LogP contribution in [0, 0.1) is 6.92 Å². The van der Waals surface area contributed by atoms with Crippen LogP contribution in [0.4, 0.5) is 0 Å². The van der Waals surface area contributed by atoms with Crippen LogP contribution in [0.2, 0.25) is 0 Å². The standard InChI is InChI=1S/C16H27N3/c1-4-19-10-9-18(11-14(19)3)12-16(17)15-7-5-13(2)6-8-15/h5-8,14,16H,4,9-12,17H2,1-3H3. The second-order valence-corrected chi connectivity index (χ2v) is 5.75. The zero-order valence-electron chi connectivity index (χ0n) is 12.5. The molecule has 2 atom stereocenters. The van der Waals surface area contributed by atoms with E-state index in [0.717, 1.165) is 32.7 Å². The molecule has 3 heteroatoms. The summed E-state index contributed by atoms with van der Waals surface area (Å²) in [7, 11) is 0. The number of hydrogen-bond donors (Lipinski definition) is 1. The van der Waals surface area contributed by atoms with E-state index in [1.807, 2.05) is 0 Å². The highest BCUT2D eigenvalue weighted by Gasteiger charge is 2.23. The zero-order valence-corrected chi connectivity index (χ0v) is 12.5. The van der Waals surface area contributed by atoms with Crippen molar-refractivity contribution in [3.8, 4) is 0 Å². The number of nitrogens with zero attached hydrogens (tertiary/aromatic N) is 2. The SMILES string of the molecule is CCN1CCN(CC(N)c2ccc(C)cc2)CC1C. The number of piperazine rings is 1. The van der Waals surface area contributed by atoms with Gasteiger partial charge in [-0.25, -0.2) is 0 Å². The largest absolute Gasteiger partial charge is 0.323 e.